The lowest BCUT2D eigenvalue weighted by Crippen LogP contribution is -2.47. The molecule has 0 spiro atoms. The van der Waals surface area contributed by atoms with Gasteiger partial charge in [0, 0.05) is 30.7 Å². The molecule has 2 aromatic carbocycles. The van der Waals surface area contributed by atoms with Gasteiger partial charge < -0.3 is 20.5 Å². The van der Waals surface area contributed by atoms with Gasteiger partial charge in [0.1, 0.15) is 0 Å². The number of likely N-dealkylation sites (tertiary alicyclic amines) is 2. The van der Waals surface area contributed by atoms with Crippen LogP contribution in [0, 0.1) is 0 Å². The largest absolute Gasteiger partial charge is 0.366 e. The Morgan fingerprint density at radius 3 is 2.29 bits per heavy atom. The van der Waals surface area contributed by atoms with Gasteiger partial charge in [-0.25, -0.2) is 12.7 Å². The maximum atomic E-state index is 13.3. The Kier molecular flexibility index (Phi) is 9.00. The van der Waals surface area contributed by atoms with Gasteiger partial charge in [0.2, 0.25) is 10.0 Å². The van der Waals surface area contributed by atoms with E-state index in [0.29, 0.717) is 25.1 Å². The third-order valence-electron chi connectivity index (χ3n) is 9.82. The summed E-state index contributed by atoms with van der Waals surface area (Å²) in [5.41, 5.74) is 10.1. The molecular weight excluding hydrogens is 546 g/mol. The Morgan fingerprint density at radius 1 is 0.881 bits per heavy atom. The van der Waals surface area contributed by atoms with Gasteiger partial charge in [-0.15, -0.1) is 0 Å². The van der Waals surface area contributed by atoms with Gasteiger partial charge >= 0.3 is 0 Å². The Balaban J connectivity index is 1.04. The number of rotatable bonds is 9. The molecule has 0 radical (unpaired) electrons. The second-order valence-corrected chi connectivity index (χ2v) is 14.5. The van der Waals surface area contributed by atoms with Crippen LogP contribution in [0.4, 0.5) is 0 Å². The second-order valence-electron chi connectivity index (χ2n) is 12.4. The number of nitrogens with zero attached hydrogens (tertiary/aromatic N) is 3. The predicted octanol–water partition coefficient (Wildman–Crippen LogP) is 4.78. The molecule has 3 aliphatic rings. The summed E-state index contributed by atoms with van der Waals surface area (Å²) in [7, 11) is -3.28. The number of fused-ring (bicyclic) bond motifs is 1. The number of carbonyl (C=O) groups excluding carboxylic acids is 1. The summed E-state index contributed by atoms with van der Waals surface area (Å²) in [6.45, 7) is 6.60. The number of nitrogens with two attached hydrogens (primary N) is 1. The van der Waals surface area contributed by atoms with Crippen molar-refractivity contribution >= 4 is 26.8 Å². The highest BCUT2D eigenvalue weighted by Gasteiger charge is 2.31. The van der Waals surface area contributed by atoms with Gasteiger partial charge in [-0.1, -0.05) is 36.8 Å². The molecule has 3 fully saturated rings. The van der Waals surface area contributed by atoms with Crippen LogP contribution in [0.25, 0.3) is 22.0 Å². The number of benzene rings is 2. The lowest BCUT2D eigenvalue weighted by atomic mass is 9.88. The summed E-state index contributed by atoms with van der Waals surface area (Å²) in [5, 5.41) is 0.996. The predicted molar refractivity (Wildman–Crippen MR) is 169 cm³/mol. The Labute approximate surface area is 250 Å². The average Bonchev–Trinajstić information content (AvgIpc) is 3.46. The number of sulfonamides is 1. The maximum Gasteiger partial charge on any atom is 0.250 e. The highest BCUT2D eigenvalue weighted by Crippen LogP contribution is 2.37. The van der Waals surface area contributed by atoms with E-state index >= 15 is 0 Å². The van der Waals surface area contributed by atoms with Gasteiger partial charge in [-0.05, 0) is 112 Å². The molecule has 0 unspecified atom stereocenters. The number of piperidine rings is 3. The van der Waals surface area contributed by atoms with Crippen LogP contribution in [-0.4, -0.2) is 91.0 Å². The molecule has 0 atom stereocenters. The number of amides is 1. The lowest BCUT2D eigenvalue weighted by Gasteiger charge is -2.40. The first-order valence-corrected chi connectivity index (χ1v) is 17.4. The maximum absolute atomic E-state index is 13.3. The zero-order valence-electron chi connectivity index (χ0n) is 24.6. The van der Waals surface area contributed by atoms with Crippen molar-refractivity contribution in [3.8, 4) is 11.1 Å². The van der Waals surface area contributed by atoms with Gasteiger partial charge in [-0.3, -0.25) is 4.79 Å². The van der Waals surface area contributed by atoms with Gasteiger partial charge in [0.25, 0.3) is 5.91 Å². The van der Waals surface area contributed by atoms with E-state index in [0.717, 1.165) is 66.1 Å². The van der Waals surface area contributed by atoms with Crippen molar-refractivity contribution in [3.05, 3.63) is 59.8 Å². The molecule has 3 N–H and O–H groups in total. The van der Waals surface area contributed by atoms with E-state index in [9.17, 15) is 13.2 Å². The standard InChI is InChI=1S/C33H45N5O3S/c34-33(39)30-23-27(25-8-3-1-4-9-25)22-29-31(24-35-32(29)30)26-10-19-38(20-11-26)42(40,41)21-7-14-36-17-12-28(13-18-36)37-15-5-2-6-16-37/h1,3-4,8-9,22-24,26,28,35H,2,5-7,10-21H2,(H2,34,39). The van der Waals surface area contributed by atoms with Crippen molar-refractivity contribution < 1.29 is 13.2 Å². The van der Waals surface area contributed by atoms with Crippen LogP contribution in [0.5, 0.6) is 0 Å². The molecule has 1 amide bonds. The topological polar surface area (TPSA) is 103 Å². The van der Waals surface area contributed by atoms with Gasteiger partial charge in [-0.2, -0.15) is 0 Å². The summed E-state index contributed by atoms with van der Waals surface area (Å²) < 4.78 is 28.2. The summed E-state index contributed by atoms with van der Waals surface area (Å²) in [6.07, 6.45) is 10.7. The fraction of sp³-hybridized carbons (Fsp3) is 0.545. The molecule has 42 heavy (non-hydrogen) atoms. The molecule has 9 heteroatoms. The number of primary amides is 1. The molecule has 1 aromatic heterocycles. The summed E-state index contributed by atoms with van der Waals surface area (Å²) >= 11 is 0. The first-order chi connectivity index (χ1) is 20.4. The van der Waals surface area contributed by atoms with E-state index < -0.39 is 15.9 Å². The molecule has 3 aromatic rings. The molecule has 0 aliphatic carbocycles. The number of nitrogens with one attached hydrogen (secondary N) is 1. The first-order valence-electron chi connectivity index (χ1n) is 15.8. The van der Waals surface area contributed by atoms with Crippen LogP contribution >= 0.6 is 0 Å². The van der Waals surface area contributed by atoms with E-state index in [1.165, 1.54) is 45.2 Å². The Bertz CT molecular complexity index is 1470. The van der Waals surface area contributed by atoms with Crippen LogP contribution in [0.15, 0.2) is 48.7 Å². The number of aromatic nitrogens is 1. The number of hydrogen-bond acceptors (Lipinski definition) is 5. The molecule has 3 aliphatic heterocycles. The summed E-state index contributed by atoms with van der Waals surface area (Å²) in [6, 6.07) is 14.7. The minimum absolute atomic E-state index is 0.221. The van der Waals surface area contributed by atoms with Crippen LogP contribution in [-0.2, 0) is 10.0 Å². The van der Waals surface area contributed by atoms with Crippen LogP contribution < -0.4 is 5.73 Å². The highest BCUT2D eigenvalue weighted by atomic mass is 32.2. The third-order valence-corrected chi connectivity index (χ3v) is 11.8. The molecule has 226 valence electrons. The van der Waals surface area contributed by atoms with Gasteiger partial charge in [0.05, 0.1) is 16.8 Å². The molecular formula is C33H45N5O3S. The van der Waals surface area contributed by atoms with Crippen molar-refractivity contribution in [3.63, 3.8) is 0 Å². The van der Waals surface area contributed by atoms with Gasteiger partial charge in [0.15, 0.2) is 0 Å². The Hall–Kier alpha value is -2.72. The molecule has 6 rings (SSSR count). The zero-order valence-corrected chi connectivity index (χ0v) is 25.5. The fourth-order valence-electron chi connectivity index (χ4n) is 7.42. The lowest BCUT2D eigenvalue weighted by molar-refractivity contribution is 0.0927. The van der Waals surface area contributed by atoms with E-state index in [4.69, 9.17) is 5.73 Å². The molecule has 4 heterocycles. The normalized spacial score (nSPS) is 20.8. The number of hydrogen-bond donors (Lipinski definition) is 2. The van der Waals surface area contributed by atoms with Crippen LogP contribution in [0.3, 0.4) is 0 Å². The summed E-state index contributed by atoms with van der Waals surface area (Å²) in [4.78, 5) is 20.8. The van der Waals surface area contributed by atoms with E-state index in [1.807, 2.05) is 42.6 Å². The van der Waals surface area contributed by atoms with Crippen LogP contribution in [0.2, 0.25) is 0 Å². The van der Waals surface area contributed by atoms with Crippen molar-refractivity contribution in [1.29, 1.82) is 0 Å². The van der Waals surface area contributed by atoms with Crippen molar-refractivity contribution in [2.24, 2.45) is 5.73 Å². The molecule has 0 bridgehead atoms. The fourth-order valence-corrected chi connectivity index (χ4v) is 8.94. The zero-order chi connectivity index (χ0) is 29.1. The Morgan fingerprint density at radius 2 is 1.60 bits per heavy atom. The van der Waals surface area contributed by atoms with E-state index in [-0.39, 0.29) is 11.7 Å². The number of aromatic amines is 1. The quantitative estimate of drug-likeness (QED) is 0.373. The highest BCUT2D eigenvalue weighted by molar-refractivity contribution is 7.89. The molecule has 0 saturated carbocycles. The average molecular weight is 592 g/mol. The number of H-pyrrole nitrogens is 1. The monoisotopic (exact) mass is 591 g/mol. The van der Waals surface area contributed by atoms with E-state index in [1.54, 1.807) is 4.31 Å². The third kappa shape index (κ3) is 6.44. The number of carbonyl (C=O) groups is 1. The first kappa shape index (κ1) is 29.4. The van der Waals surface area contributed by atoms with Crippen molar-refractivity contribution in [1.82, 2.24) is 19.1 Å². The van der Waals surface area contributed by atoms with Crippen molar-refractivity contribution in [2.75, 3.05) is 51.6 Å². The van der Waals surface area contributed by atoms with Crippen LogP contribution in [0.1, 0.15) is 73.2 Å². The second kappa shape index (κ2) is 12.9. The molecule has 3 saturated heterocycles. The minimum Gasteiger partial charge on any atom is -0.366 e. The molecule has 8 nitrogen and oxygen atoms in total. The SMILES string of the molecule is NC(=O)c1cc(-c2ccccc2)cc2c(C3CCN(S(=O)(=O)CCCN4CCC(N5CCCCC5)CC4)CC3)c[nH]c12. The van der Waals surface area contributed by atoms with E-state index in [2.05, 4.69) is 20.9 Å². The van der Waals surface area contributed by atoms with Crippen molar-refractivity contribution in [2.45, 2.75) is 63.3 Å². The smallest absolute Gasteiger partial charge is 0.250 e. The minimum atomic E-state index is -3.28. The summed E-state index contributed by atoms with van der Waals surface area (Å²) in [5.74, 6) is -0.0178.